The lowest BCUT2D eigenvalue weighted by Gasteiger charge is -2.25. The van der Waals surface area contributed by atoms with E-state index in [-0.39, 0.29) is 0 Å². The first kappa shape index (κ1) is 4.40. The predicted octanol–water partition coefficient (Wildman–Crippen LogP) is 0.870. The van der Waals surface area contributed by atoms with Gasteiger partial charge in [0.05, 0.1) is 0 Å². The standard InChI is InChI=1S/C5H6NO/c7-6-4-2-1-3-5-6/h1-4H,5H2/q-1. The number of hydrogen-bond acceptors (Lipinski definition) is 2. The third kappa shape index (κ3) is 1.05. The van der Waals surface area contributed by atoms with Crippen LogP contribution in [0.25, 0.3) is 0 Å². The number of nitrogens with zero attached hydrogens (tertiary/aromatic N) is 1. The fourth-order valence-corrected chi connectivity index (χ4v) is 0.450. The summed E-state index contributed by atoms with van der Waals surface area (Å²) in [6.07, 6.45) is 6.89. The van der Waals surface area contributed by atoms with Crippen molar-refractivity contribution >= 4 is 0 Å². The van der Waals surface area contributed by atoms with Gasteiger partial charge in [0.2, 0.25) is 0 Å². The maximum atomic E-state index is 10.2. The first-order chi connectivity index (χ1) is 3.39. The number of hydroxylamine groups is 2. The second-order valence-electron chi connectivity index (χ2n) is 1.37. The molecule has 0 atom stereocenters. The van der Waals surface area contributed by atoms with Crippen molar-refractivity contribution in [2.75, 3.05) is 6.54 Å². The molecule has 0 aromatic rings. The molecule has 0 aromatic carbocycles. The Kier molecular flexibility index (Phi) is 1.13. The van der Waals surface area contributed by atoms with E-state index in [0.717, 1.165) is 5.06 Å². The molecule has 7 heavy (non-hydrogen) atoms. The maximum Gasteiger partial charge on any atom is 0.0243 e. The van der Waals surface area contributed by atoms with Crippen molar-refractivity contribution in [3.05, 3.63) is 29.6 Å². The molecule has 0 radical (unpaired) electrons. The Labute approximate surface area is 42.3 Å². The van der Waals surface area contributed by atoms with E-state index in [1.165, 1.54) is 6.20 Å². The molecule has 2 nitrogen and oxygen atoms in total. The Bertz CT molecular complexity index is 107. The van der Waals surface area contributed by atoms with E-state index in [1.807, 2.05) is 12.2 Å². The van der Waals surface area contributed by atoms with Gasteiger partial charge in [-0.3, -0.25) is 0 Å². The van der Waals surface area contributed by atoms with Crippen molar-refractivity contribution in [2.45, 2.75) is 0 Å². The smallest absolute Gasteiger partial charge is 0.0243 e. The zero-order valence-corrected chi connectivity index (χ0v) is 3.87. The van der Waals surface area contributed by atoms with Crippen LogP contribution in [0.5, 0.6) is 0 Å². The van der Waals surface area contributed by atoms with Gasteiger partial charge in [0.1, 0.15) is 0 Å². The molecular formula is C5H6NO-. The van der Waals surface area contributed by atoms with E-state index in [1.54, 1.807) is 6.08 Å². The van der Waals surface area contributed by atoms with Crippen LogP contribution in [0, 0.1) is 5.21 Å². The predicted molar refractivity (Wildman–Crippen MR) is 28.4 cm³/mol. The highest BCUT2D eigenvalue weighted by Gasteiger charge is 1.79. The van der Waals surface area contributed by atoms with Crippen LogP contribution in [0.1, 0.15) is 0 Å². The minimum absolute atomic E-state index is 0.497. The van der Waals surface area contributed by atoms with Crippen molar-refractivity contribution in [1.29, 1.82) is 0 Å². The summed E-state index contributed by atoms with van der Waals surface area (Å²) in [6.45, 7) is 0.497. The Hall–Kier alpha value is -0.760. The number of rotatable bonds is 0. The van der Waals surface area contributed by atoms with Crippen molar-refractivity contribution in [3.8, 4) is 0 Å². The third-order valence-electron chi connectivity index (χ3n) is 0.785. The quantitative estimate of drug-likeness (QED) is 0.447. The minimum Gasteiger partial charge on any atom is -0.758 e. The molecule has 0 saturated carbocycles. The van der Waals surface area contributed by atoms with E-state index in [9.17, 15) is 5.21 Å². The van der Waals surface area contributed by atoms with Gasteiger partial charge >= 0.3 is 0 Å². The van der Waals surface area contributed by atoms with Crippen molar-refractivity contribution in [2.24, 2.45) is 0 Å². The summed E-state index contributed by atoms with van der Waals surface area (Å²) in [5.41, 5.74) is 0. The summed E-state index contributed by atoms with van der Waals surface area (Å²) in [5.74, 6) is 0. The molecule has 1 heterocycles. The van der Waals surface area contributed by atoms with Crippen LogP contribution >= 0.6 is 0 Å². The second-order valence-corrected chi connectivity index (χ2v) is 1.37. The van der Waals surface area contributed by atoms with Crippen LogP contribution in [0.4, 0.5) is 0 Å². The molecule has 0 bridgehead atoms. The lowest BCUT2D eigenvalue weighted by Crippen LogP contribution is -2.08. The monoisotopic (exact) mass is 96.0 g/mol. The Morgan fingerprint density at radius 1 is 1.43 bits per heavy atom. The third-order valence-corrected chi connectivity index (χ3v) is 0.785. The highest BCUT2D eigenvalue weighted by Crippen LogP contribution is 1.92. The van der Waals surface area contributed by atoms with E-state index < -0.39 is 0 Å². The van der Waals surface area contributed by atoms with E-state index >= 15 is 0 Å². The van der Waals surface area contributed by atoms with E-state index in [4.69, 9.17) is 0 Å². The summed E-state index contributed by atoms with van der Waals surface area (Å²) in [6, 6.07) is 0. The molecule has 0 amide bonds. The number of allylic oxidation sites excluding steroid dienone is 2. The van der Waals surface area contributed by atoms with Crippen LogP contribution in [-0.4, -0.2) is 11.6 Å². The van der Waals surface area contributed by atoms with Crippen LogP contribution in [0.3, 0.4) is 0 Å². The van der Waals surface area contributed by atoms with E-state index in [0.29, 0.717) is 6.54 Å². The minimum atomic E-state index is 0.497. The molecule has 0 saturated heterocycles. The second kappa shape index (κ2) is 1.80. The molecule has 0 fully saturated rings. The van der Waals surface area contributed by atoms with Gasteiger partial charge in [-0.15, -0.1) is 0 Å². The Morgan fingerprint density at radius 3 is 2.57 bits per heavy atom. The fourth-order valence-electron chi connectivity index (χ4n) is 0.450. The molecule has 1 aliphatic rings. The largest absolute Gasteiger partial charge is 0.758 e. The highest BCUT2D eigenvalue weighted by atomic mass is 16.5. The fraction of sp³-hybridized carbons (Fsp3) is 0.200. The molecule has 1 rings (SSSR count). The summed E-state index contributed by atoms with van der Waals surface area (Å²) < 4.78 is 0. The van der Waals surface area contributed by atoms with Gasteiger partial charge < -0.3 is 10.3 Å². The SMILES string of the molecule is [O-]N1C=CC=CC1. The van der Waals surface area contributed by atoms with E-state index in [2.05, 4.69) is 0 Å². The van der Waals surface area contributed by atoms with Crippen LogP contribution in [0.2, 0.25) is 0 Å². The molecule has 0 unspecified atom stereocenters. The number of hydrogen-bond donors (Lipinski definition) is 0. The average Bonchev–Trinajstić information content (AvgIpc) is 1.69. The van der Waals surface area contributed by atoms with Gasteiger partial charge in [0.25, 0.3) is 0 Å². The maximum absolute atomic E-state index is 10.2. The molecule has 0 aliphatic carbocycles. The molecular weight excluding hydrogens is 90.1 g/mol. The van der Waals surface area contributed by atoms with Crippen molar-refractivity contribution in [1.82, 2.24) is 5.06 Å². The lowest BCUT2D eigenvalue weighted by molar-refractivity contribution is 0.564. The molecule has 0 spiro atoms. The summed E-state index contributed by atoms with van der Waals surface area (Å²) >= 11 is 0. The van der Waals surface area contributed by atoms with Gasteiger partial charge in [-0.2, -0.15) is 0 Å². The van der Waals surface area contributed by atoms with Gasteiger partial charge in [-0.1, -0.05) is 12.2 Å². The summed E-state index contributed by atoms with van der Waals surface area (Å²) in [4.78, 5) is 0. The summed E-state index contributed by atoms with van der Waals surface area (Å²) in [5, 5.41) is 11.1. The molecule has 0 N–H and O–H groups in total. The van der Waals surface area contributed by atoms with Crippen LogP contribution in [0.15, 0.2) is 24.4 Å². The van der Waals surface area contributed by atoms with Gasteiger partial charge in [0, 0.05) is 6.54 Å². The van der Waals surface area contributed by atoms with Crippen molar-refractivity contribution in [3.63, 3.8) is 0 Å². The molecule has 1 aliphatic heterocycles. The molecule has 2 heteroatoms. The molecule has 0 aromatic heterocycles. The Balaban J connectivity index is 2.49. The normalized spacial score (nSPS) is 18.1. The van der Waals surface area contributed by atoms with Gasteiger partial charge in [-0.25, -0.2) is 0 Å². The topological polar surface area (TPSA) is 26.3 Å². The Morgan fingerprint density at radius 2 is 2.29 bits per heavy atom. The van der Waals surface area contributed by atoms with Crippen molar-refractivity contribution < 1.29 is 0 Å². The zero-order valence-electron chi connectivity index (χ0n) is 3.87. The first-order valence-electron chi connectivity index (χ1n) is 2.17. The first-order valence-corrected chi connectivity index (χ1v) is 2.17. The average molecular weight is 96.1 g/mol. The lowest BCUT2D eigenvalue weighted by atomic mass is 10.4. The molecule has 38 valence electrons. The zero-order chi connectivity index (χ0) is 5.11. The highest BCUT2D eigenvalue weighted by molar-refractivity contribution is 5.08. The van der Waals surface area contributed by atoms with Gasteiger partial charge in [0.15, 0.2) is 0 Å². The summed E-state index contributed by atoms with van der Waals surface area (Å²) in [7, 11) is 0. The van der Waals surface area contributed by atoms with Gasteiger partial charge in [-0.05, 0) is 12.3 Å². The van der Waals surface area contributed by atoms with Crippen LogP contribution < -0.4 is 0 Å². The van der Waals surface area contributed by atoms with Crippen LogP contribution in [-0.2, 0) is 0 Å².